The van der Waals surface area contributed by atoms with Gasteiger partial charge in [0.15, 0.2) is 0 Å². The predicted octanol–water partition coefficient (Wildman–Crippen LogP) is 2.11. The van der Waals surface area contributed by atoms with Gasteiger partial charge in [-0.05, 0) is 24.6 Å². The maximum Gasteiger partial charge on any atom is 0.255 e. The van der Waals surface area contributed by atoms with Crippen LogP contribution in [0.3, 0.4) is 0 Å². The van der Waals surface area contributed by atoms with E-state index in [4.69, 9.17) is 17.3 Å². The van der Waals surface area contributed by atoms with E-state index in [1.807, 2.05) is 6.92 Å². The molecule has 0 bridgehead atoms. The highest BCUT2D eigenvalue weighted by Crippen LogP contribution is 2.22. The lowest BCUT2D eigenvalue weighted by Gasteiger charge is -2.17. The summed E-state index contributed by atoms with van der Waals surface area (Å²) >= 11 is 5.92. The second kappa shape index (κ2) is 7.26. The third-order valence-electron chi connectivity index (χ3n) is 2.81. The average Bonchev–Trinajstić information content (AvgIpc) is 2.38. The summed E-state index contributed by atoms with van der Waals surface area (Å²) in [4.78, 5) is 25.4. The molecule has 0 spiro atoms. The number of nitrogens with two attached hydrogens (primary N) is 1. The van der Waals surface area contributed by atoms with Crippen LogP contribution in [0.2, 0.25) is 5.02 Å². The van der Waals surface area contributed by atoms with E-state index < -0.39 is 6.04 Å². The smallest absolute Gasteiger partial charge is 0.255 e. The molecule has 0 aromatic heterocycles. The second-order valence-corrected chi connectivity index (χ2v) is 5.21. The topological polar surface area (TPSA) is 75.4 Å². The van der Waals surface area contributed by atoms with E-state index in [1.54, 1.807) is 32.3 Å². The molecule has 1 aromatic carbocycles. The number of halogens is 1. The number of rotatable bonds is 5. The third-order valence-corrected chi connectivity index (χ3v) is 3.05. The van der Waals surface area contributed by atoms with Gasteiger partial charge in [-0.1, -0.05) is 24.9 Å². The summed E-state index contributed by atoms with van der Waals surface area (Å²) in [6.07, 6.45) is 1.40. The second-order valence-electron chi connectivity index (χ2n) is 4.77. The zero-order valence-corrected chi connectivity index (χ0v) is 12.7. The SMILES string of the molecule is CCC[C@@H](N)C(=O)Nc1cc(Cl)ccc1C(=O)N(C)C. The standard InChI is InChI=1S/C14H20ClN3O2/c1-4-5-11(16)13(19)17-12-8-9(15)6-7-10(12)14(20)18(2)3/h6-8,11H,4-5,16H2,1-3H3,(H,17,19)/t11-/m1/s1. The van der Waals surface area contributed by atoms with Gasteiger partial charge in [-0.15, -0.1) is 0 Å². The summed E-state index contributed by atoms with van der Waals surface area (Å²) < 4.78 is 0. The maximum absolute atomic E-state index is 12.1. The van der Waals surface area contributed by atoms with Crippen molar-refractivity contribution in [1.82, 2.24) is 4.90 Å². The summed E-state index contributed by atoms with van der Waals surface area (Å²) in [5.74, 6) is -0.525. The molecule has 3 N–H and O–H groups in total. The summed E-state index contributed by atoms with van der Waals surface area (Å²) in [6, 6.07) is 4.15. The van der Waals surface area contributed by atoms with Gasteiger partial charge >= 0.3 is 0 Å². The molecule has 20 heavy (non-hydrogen) atoms. The zero-order valence-electron chi connectivity index (χ0n) is 11.9. The monoisotopic (exact) mass is 297 g/mol. The van der Waals surface area contributed by atoms with Crippen molar-refractivity contribution in [3.63, 3.8) is 0 Å². The van der Waals surface area contributed by atoms with Crippen molar-refractivity contribution >= 4 is 29.1 Å². The summed E-state index contributed by atoms with van der Waals surface area (Å²) in [5, 5.41) is 3.12. The van der Waals surface area contributed by atoms with Crippen molar-refractivity contribution in [1.29, 1.82) is 0 Å². The Morgan fingerprint density at radius 1 is 1.40 bits per heavy atom. The summed E-state index contributed by atoms with van der Waals surface area (Å²) in [6.45, 7) is 1.95. The lowest BCUT2D eigenvalue weighted by atomic mass is 10.1. The van der Waals surface area contributed by atoms with E-state index in [2.05, 4.69) is 5.32 Å². The normalized spacial score (nSPS) is 11.8. The maximum atomic E-state index is 12.1. The number of carbonyl (C=O) groups excluding carboxylic acids is 2. The zero-order chi connectivity index (χ0) is 15.3. The van der Waals surface area contributed by atoms with Crippen molar-refractivity contribution in [3.05, 3.63) is 28.8 Å². The first-order valence-electron chi connectivity index (χ1n) is 6.44. The van der Waals surface area contributed by atoms with Gasteiger partial charge < -0.3 is 16.0 Å². The number of hydrogen-bond donors (Lipinski definition) is 2. The van der Waals surface area contributed by atoms with Gasteiger partial charge in [0.25, 0.3) is 5.91 Å². The molecule has 0 unspecified atom stereocenters. The van der Waals surface area contributed by atoms with Crippen molar-refractivity contribution in [3.8, 4) is 0 Å². The highest BCUT2D eigenvalue weighted by atomic mass is 35.5. The number of amides is 2. The Morgan fingerprint density at radius 2 is 2.05 bits per heavy atom. The lowest BCUT2D eigenvalue weighted by molar-refractivity contribution is -0.117. The first-order valence-corrected chi connectivity index (χ1v) is 6.82. The summed E-state index contributed by atoms with van der Waals surface area (Å²) in [7, 11) is 3.29. The summed E-state index contributed by atoms with van der Waals surface area (Å²) in [5.41, 5.74) is 6.53. The minimum atomic E-state index is -0.596. The minimum absolute atomic E-state index is 0.207. The van der Waals surface area contributed by atoms with Crippen LogP contribution in [0, 0.1) is 0 Å². The first-order chi connectivity index (χ1) is 9.36. The predicted molar refractivity (Wildman–Crippen MR) is 81.0 cm³/mol. The Kier molecular flexibility index (Phi) is 5.98. The van der Waals surface area contributed by atoms with Gasteiger partial charge in [0.05, 0.1) is 17.3 Å². The highest BCUT2D eigenvalue weighted by molar-refractivity contribution is 6.31. The molecule has 0 radical (unpaired) electrons. The molecular weight excluding hydrogens is 278 g/mol. The van der Waals surface area contributed by atoms with Crippen LogP contribution in [-0.4, -0.2) is 36.9 Å². The number of benzene rings is 1. The van der Waals surface area contributed by atoms with Gasteiger partial charge in [0.1, 0.15) is 0 Å². The van der Waals surface area contributed by atoms with Crippen molar-refractivity contribution in [2.45, 2.75) is 25.8 Å². The molecule has 1 rings (SSSR count). The van der Waals surface area contributed by atoms with Crippen LogP contribution in [0.15, 0.2) is 18.2 Å². The molecule has 5 nitrogen and oxygen atoms in total. The van der Waals surface area contributed by atoms with Crippen LogP contribution in [0.25, 0.3) is 0 Å². The fourth-order valence-electron chi connectivity index (χ4n) is 1.71. The molecule has 0 fully saturated rings. The van der Waals surface area contributed by atoms with E-state index in [1.165, 1.54) is 4.90 Å². The van der Waals surface area contributed by atoms with Crippen LogP contribution in [0.4, 0.5) is 5.69 Å². The number of nitrogens with one attached hydrogen (secondary N) is 1. The Labute approximate surface area is 124 Å². The van der Waals surface area contributed by atoms with Crippen LogP contribution in [0.1, 0.15) is 30.1 Å². The van der Waals surface area contributed by atoms with E-state index in [-0.39, 0.29) is 11.8 Å². The molecule has 0 saturated heterocycles. The van der Waals surface area contributed by atoms with Crippen molar-refractivity contribution < 1.29 is 9.59 Å². The van der Waals surface area contributed by atoms with Crippen molar-refractivity contribution in [2.24, 2.45) is 5.73 Å². The molecule has 0 aliphatic heterocycles. The Balaban J connectivity index is 3.01. The van der Waals surface area contributed by atoms with Crippen LogP contribution >= 0.6 is 11.6 Å². The fraction of sp³-hybridized carbons (Fsp3) is 0.429. The van der Waals surface area contributed by atoms with Gasteiger partial charge in [0, 0.05) is 19.1 Å². The fourth-order valence-corrected chi connectivity index (χ4v) is 1.89. The van der Waals surface area contributed by atoms with Gasteiger partial charge in [-0.3, -0.25) is 9.59 Å². The molecular formula is C14H20ClN3O2. The molecule has 0 saturated carbocycles. The number of nitrogens with zero attached hydrogens (tertiary/aromatic N) is 1. The molecule has 1 aromatic rings. The van der Waals surface area contributed by atoms with Gasteiger partial charge in [-0.2, -0.15) is 0 Å². The van der Waals surface area contributed by atoms with Gasteiger partial charge in [0.2, 0.25) is 5.91 Å². The molecule has 0 aliphatic carbocycles. The highest BCUT2D eigenvalue weighted by Gasteiger charge is 2.18. The van der Waals surface area contributed by atoms with Crippen LogP contribution in [0.5, 0.6) is 0 Å². The molecule has 2 amide bonds. The average molecular weight is 298 g/mol. The quantitative estimate of drug-likeness (QED) is 0.874. The molecule has 1 atom stereocenters. The van der Waals surface area contributed by atoms with Crippen molar-refractivity contribution in [2.75, 3.05) is 19.4 Å². The molecule has 6 heteroatoms. The number of carbonyl (C=O) groups is 2. The lowest BCUT2D eigenvalue weighted by Crippen LogP contribution is -2.36. The van der Waals surface area contributed by atoms with E-state index >= 15 is 0 Å². The first kappa shape index (κ1) is 16.5. The molecule has 0 heterocycles. The van der Waals surface area contributed by atoms with E-state index in [0.717, 1.165) is 6.42 Å². The minimum Gasteiger partial charge on any atom is -0.345 e. The molecule has 110 valence electrons. The van der Waals surface area contributed by atoms with E-state index in [9.17, 15) is 9.59 Å². The Hall–Kier alpha value is -1.59. The van der Waals surface area contributed by atoms with Crippen LogP contribution < -0.4 is 11.1 Å². The largest absolute Gasteiger partial charge is 0.345 e. The molecule has 0 aliphatic rings. The van der Waals surface area contributed by atoms with Crippen LogP contribution in [-0.2, 0) is 4.79 Å². The Morgan fingerprint density at radius 3 is 2.60 bits per heavy atom. The Bertz CT molecular complexity index is 503. The van der Waals surface area contributed by atoms with E-state index in [0.29, 0.717) is 22.7 Å². The number of hydrogen-bond acceptors (Lipinski definition) is 3. The number of anilines is 1. The van der Waals surface area contributed by atoms with Gasteiger partial charge in [-0.25, -0.2) is 0 Å². The third kappa shape index (κ3) is 4.21.